The van der Waals surface area contributed by atoms with E-state index in [0.717, 1.165) is 6.42 Å². The van der Waals surface area contributed by atoms with Crippen LogP contribution in [0.15, 0.2) is 29.6 Å². The van der Waals surface area contributed by atoms with Crippen molar-refractivity contribution in [2.24, 2.45) is 5.92 Å². The fourth-order valence-electron chi connectivity index (χ4n) is 2.79. The van der Waals surface area contributed by atoms with Crippen LogP contribution in [0.4, 0.5) is 0 Å². The van der Waals surface area contributed by atoms with E-state index in [1.54, 1.807) is 16.2 Å². The lowest BCUT2D eigenvalue weighted by atomic mass is 10.1. The van der Waals surface area contributed by atoms with Crippen molar-refractivity contribution in [3.63, 3.8) is 0 Å². The van der Waals surface area contributed by atoms with Crippen molar-refractivity contribution in [1.29, 1.82) is 0 Å². The minimum absolute atomic E-state index is 0.0462. The van der Waals surface area contributed by atoms with Crippen LogP contribution in [0.5, 0.6) is 0 Å². The van der Waals surface area contributed by atoms with E-state index in [-0.39, 0.29) is 24.2 Å². The molecule has 0 spiro atoms. The number of benzene rings is 1. The van der Waals surface area contributed by atoms with Gasteiger partial charge in [0.15, 0.2) is 0 Å². The molecule has 0 radical (unpaired) electrons. The number of esters is 1. The standard InChI is InChI=1S/C16H17NO3S/c1-20-16(19)12-8-15(18)17(9-12)7-6-11-10-21-14-5-3-2-4-13(11)14/h2-5,10,12H,6-9H2,1H3. The molecule has 1 aliphatic heterocycles. The molecule has 1 aliphatic rings. The lowest BCUT2D eigenvalue weighted by molar-refractivity contribution is -0.145. The molecule has 3 rings (SSSR count). The number of amides is 1. The summed E-state index contributed by atoms with van der Waals surface area (Å²) in [4.78, 5) is 25.2. The summed E-state index contributed by atoms with van der Waals surface area (Å²) in [7, 11) is 1.37. The first-order valence-electron chi connectivity index (χ1n) is 6.99. The van der Waals surface area contributed by atoms with Gasteiger partial charge in [-0.25, -0.2) is 0 Å². The maximum absolute atomic E-state index is 11.9. The second kappa shape index (κ2) is 5.85. The normalized spacial score (nSPS) is 18.4. The molecule has 0 saturated carbocycles. The van der Waals surface area contributed by atoms with Gasteiger partial charge in [0.25, 0.3) is 0 Å². The van der Waals surface area contributed by atoms with Gasteiger partial charge >= 0.3 is 5.97 Å². The minimum atomic E-state index is -0.304. The summed E-state index contributed by atoms with van der Waals surface area (Å²) in [5, 5.41) is 3.42. The van der Waals surface area contributed by atoms with Crippen molar-refractivity contribution in [3.8, 4) is 0 Å². The van der Waals surface area contributed by atoms with E-state index in [0.29, 0.717) is 13.1 Å². The highest BCUT2D eigenvalue weighted by Gasteiger charge is 2.34. The van der Waals surface area contributed by atoms with Crippen LogP contribution in [-0.2, 0) is 20.7 Å². The largest absolute Gasteiger partial charge is 0.469 e. The number of methoxy groups -OCH3 is 1. The number of rotatable bonds is 4. The number of fused-ring (bicyclic) bond motifs is 1. The zero-order valence-corrected chi connectivity index (χ0v) is 12.7. The van der Waals surface area contributed by atoms with Crippen molar-refractivity contribution < 1.29 is 14.3 Å². The lowest BCUT2D eigenvalue weighted by Crippen LogP contribution is -2.28. The molecule has 1 atom stereocenters. The fourth-order valence-corrected chi connectivity index (χ4v) is 3.79. The average Bonchev–Trinajstić information content (AvgIpc) is 3.08. The Bertz CT molecular complexity index is 679. The molecular weight excluding hydrogens is 286 g/mol. The van der Waals surface area contributed by atoms with Gasteiger partial charge in [0.05, 0.1) is 13.0 Å². The zero-order chi connectivity index (χ0) is 14.8. The average molecular weight is 303 g/mol. The molecule has 1 unspecified atom stereocenters. The van der Waals surface area contributed by atoms with E-state index in [1.807, 2.05) is 12.1 Å². The number of thiophene rings is 1. The smallest absolute Gasteiger partial charge is 0.310 e. The van der Waals surface area contributed by atoms with E-state index in [1.165, 1.54) is 22.8 Å². The number of carbonyl (C=O) groups excluding carboxylic acids is 2. The van der Waals surface area contributed by atoms with Crippen LogP contribution in [0.2, 0.25) is 0 Å². The molecule has 110 valence electrons. The highest BCUT2D eigenvalue weighted by Crippen LogP contribution is 2.27. The first-order valence-corrected chi connectivity index (χ1v) is 7.87. The van der Waals surface area contributed by atoms with Gasteiger partial charge in [-0.3, -0.25) is 9.59 Å². The molecule has 5 heteroatoms. The molecule has 21 heavy (non-hydrogen) atoms. The van der Waals surface area contributed by atoms with Crippen molar-refractivity contribution in [2.45, 2.75) is 12.8 Å². The second-order valence-corrected chi connectivity index (χ2v) is 6.18. The summed E-state index contributed by atoms with van der Waals surface area (Å²) in [5.74, 6) is -0.543. The molecule has 0 aliphatic carbocycles. The molecule has 1 aromatic heterocycles. The Morgan fingerprint density at radius 1 is 1.43 bits per heavy atom. The summed E-state index contributed by atoms with van der Waals surface area (Å²) in [6.45, 7) is 1.14. The van der Waals surface area contributed by atoms with Crippen molar-refractivity contribution >= 4 is 33.3 Å². The quantitative estimate of drug-likeness (QED) is 0.815. The predicted octanol–water partition coefficient (Wildman–Crippen LogP) is 2.47. The van der Waals surface area contributed by atoms with Crippen molar-refractivity contribution in [3.05, 3.63) is 35.2 Å². The molecule has 2 heterocycles. The molecular formula is C16H17NO3S. The molecule has 1 aromatic carbocycles. The Kier molecular flexibility index (Phi) is 3.92. The maximum Gasteiger partial charge on any atom is 0.310 e. The van der Waals surface area contributed by atoms with Crippen LogP contribution in [-0.4, -0.2) is 37.0 Å². The molecule has 4 nitrogen and oxygen atoms in total. The Labute approximate surface area is 127 Å². The van der Waals surface area contributed by atoms with Crippen LogP contribution < -0.4 is 0 Å². The molecule has 2 aromatic rings. The molecule has 1 amide bonds. The van der Waals surface area contributed by atoms with E-state index in [2.05, 4.69) is 17.5 Å². The third-order valence-corrected chi connectivity index (χ3v) is 4.97. The van der Waals surface area contributed by atoms with Gasteiger partial charge < -0.3 is 9.64 Å². The fraction of sp³-hybridized carbons (Fsp3) is 0.375. The van der Waals surface area contributed by atoms with Crippen LogP contribution in [0.1, 0.15) is 12.0 Å². The van der Waals surface area contributed by atoms with E-state index < -0.39 is 0 Å². The van der Waals surface area contributed by atoms with Crippen LogP contribution in [0.3, 0.4) is 0 Å². The third-order valence-electron chi connectivity index (χ3n) is 3.96. The van der Waals surface area contributed by atoms with Crippen molar-refractivity contribution in [2.75, 3.05) is 20.2 Å². The van der Waals surface area contributed by atoms with E-state index in [9.17, 15) is 9.59 Å². The Morgan fingerprint density at radius 2 is 2.24 bits per heavy atom. The highest BCUT2D eigenvalue weighted by atomic mass is 32.1. The summed E-state index contributed by atoms with van der Waals surface area (Å²) in [6.07, 6.45) is 1.10. The molecule has 1 fully saturated rings. The van der Waals surface area contributed by atoms with Crippen molar-refractivity contribution in [1.82, 2.24) is 4.90 Å². The molecule has 1 saturated heterocycles. The number of nitrogens with zero attached hydrogens (tertiary/aromatic N) is 1. The molecule has 0 bridgehead atoms. The van der Waals surface area contributed by atoms with Crippen LogP contribution in [0.25, 0.3) is 10.1 Å². The number of likely N-dealkylation sites (tertiary alicyclic amines) is 1. The third kappa shape index (κ3) is 2.78. The van der Waals surface area contributed by atoms with Crippen LogP contribution in [0, 0.1) is 5.92 Å². The first kappa shape index (κ1) is 14.1. The number of ether oxygens (including phenoxy) is 1. The number of carbonyl (C=O) groups is 2. The Balaban J connectivity index is 1.65. The van der Waals surface area contributed by atoms with Gasteiger partial charge in [0.1, 0.15) is 0 Å². The van der Waals surface area contributed by atoms with Gasteiger partial charge in [-0.1, -0.05) is 18.2 Å². The van der Waals surface area contributed by atoms with Gasteiger partial charge in [0.2, 0.25) is 5.91 Å². The van der Waals surface area contributed by atoms with Crippen LogP contribution >= 0.6 is 11.3 Å². The van der Waals surface area contributed by atoms with Gasteiger partial charge in [-0.2, -0.15) is 0 Å². The predicted molar refractivity (Wildman–Crippen MR) is 82.2 cm³/mol. The van der Waals surface area contributed by atoms with Gasteiger partial charge in [-0.05, 0) is 28.8 Å². The minimum Gasteiger partial charge on any atom is -0.469 e. The van der Waals surface area contributed by atoms with Gasteiger partial charge in [-0.15, -0.1) is 11.3 Å². The van der Waals surface area contributed by atoms with E-state index >= 15 is 0 Å². The maximum atomic E-state index is 11.9. The van der Waals surface area contributed by atoms with Gasteiger partial charge in [0, 0.05) is 24.2 Å². The second-order valence-electron chi connectivity index (χ2n) is 5.27. The summed E-state index contributed by atoms with van der Waals surface area (Å²) < 4.78 is 5.99. The number of hydrogen-bond donors (Lipinski definition) is 0. The number of hydrogen-bond acceptors (Lipinski definition) is 4. The summed E-state index contributed by atoms with van der Waals surface area (Å²) in [6, 6.07) is 8.29. The lowest BCUT2D eigenvalue weighted by Gasteiger charge is -2.15. The first-order chi connectivity index (χ1) is 10.2. The zero-order valence-electron chi connectivity index (χ0n) is 11.9. The SMILES string of the molecule is COC(=O)C1CC(=O)N(CCc2csc3ccccc23)C1. The van der Waals surface area contributed by atoms with E-state index in [4.69, 9.17) is 4.74 Å². The molecule has 0 N–H and O–H groups in total. The summed E-state index contributed by atoms with van der Waals surface area (Å²) in [5.41, 5.74) is 1.27. The Hall–Kier alpha value is -1.88. The highest BCUT2D eigenvalue weighted by molar-refractivity contribution is 7.17. The topological polar surface area (TPSA) is 46.6 Å². The Morgan fingerprint density at radius 3 is 3.05 bits per heavy atom. The summed E-state index contributed by atoms with van der Waals surface area (Å²) >= 11 is 1.73. The monoisotopic (exact) mass is 303 g/mol.